The van der Waals surface area contributed by atoms with Gasteiger partial charge < -0.3 is 11.1 Å². The Morgan fingerprint density at radius 2 is 2.33 bits per heavy atom. The van der Waals surface area contributed by atoms with Gasteiger partial charge in [0.05, 0.1) is 11.3 Å². The second-order valence-electron chi connectivity index (χ2n) is 5.27. The van der Waals surface area contributed by atoms with E-state index in [0.29, 0.717) is 22.2 Å². The molecule has 0 spiro atoms. The van der Waals surface area contributed by atoms with Crippen LogP contribution >= 0.6 is 23.1 Å². The molecule has 0 aliphatic heterocycles. The molecule has 0 saturated heterocycles. The molecule has 6 heteroatoms. The molecule has 114 valence electrons. The number of carbonyl (C=O) groups is 2. The van der Waals surface area contributed by atoms with Gasteiger partial charge in [-0.05, 0) is 30.7 Å². The molecular formula is C15H20N2O2S2. The molecule has 1 aliphatic rings. The number of hydrogen-bond donors (Lipinski definition) is 2. The molecular weight excluding hydrogens is 304 g/mol. The minimum Gasteiger partial charge on any atom is -0.365 e. The van der Waals surface area contributed by atoms with Gasteiger partial charge in [-0.3, -0.25) is 9.59 Å². The molecule has 0 radical (unpaired) electrons. The van der Waals surface area contributed by atoms with Crippen molar-refractivity contribution in [2.24, 2.45) is 11.7 Å². The Hall–Kier alpha value is -1.27. The highest BCUT2D eigenvalue weighted by Gasteiger charge is 2.27. The van der Waals surface area contributed by atoms with Gasteiger partial charge in [-0.25, -0.2) is 0 Å². The molecule has 2 amide bonds. The maximum atomic E-state index is 11.9. The van der Waals surface area contributed by atoms with E-state index >= 15 is 0 Å². The highest BCUT2D eigenvalue weighted by Crippen LogP contribution is 2.39. The van der Waals surface area contributed by atoms with Crippen LogP contribution in [0, 0.1) is 5.92 Å². The number of thioether (sulfide) groups is 1. The van der Waals surface area contributed by atoms with Crippen molar-refractivity contribution in [3.63, 3.8) is 0 Å². The van der Waals surface area contributed by atoms with Gasteiger partial charge in [-0.1, -0.05) is 13.0 Å². The fourth-order valence-electron chi connectivity index (χ4n) is 2.50. The molecule has 21 heavy (non-hydrogen) atoms. The molecule has 0 fully saturated rings. The highest BCUT2D eigenvalue weighted by molar-refractivity contribution is 8.00. The molecule has 1 unspecified atom stereocenters. The van der Waals surface area contributed by atoms with Gasteiger partial charge in [0.2, 0.25) is 5.91 Å². The normalized spacial score (nSPS) is 17.1. The van der Waals surface area contributed by atoms with Crippen LogP contribution < -0.4 is 11.1 Å². The van der Waals surface area contributed by atoms with Crippen LogP contribution in [0.2, 0.25) is 0 Å². The summed E-state index contributed by atoms with van der Waals surface area (Å²) < 4.78 is 0. The van der Waals surface area contributed by atoms with Crippen LogP contribution in [0.3, 0.4) is 0 Å². The van der Waals surface area contributed by atoms with Gasteiger partial charge in [-0.15, -0.1) is 29.7 Å². The lowest BCUT2D eigenvalue weighted by Gasteiger charge is -2.18. The minimum absolute atomic E-state index is 0.101. The maximum Gasteiger partial charge on any atom is 0.251 e. The van der Waals surface area contributed by atoms with E-state index in [0.717, 1.165) is 30.6 Å². The molecule has 0 saturated carbocycles. The lowest BCUT2D eigenvalue weighted by atomic mass is 9.88. The fourth-order valence-corrected chi connectivity index (χ4v) is 4.47. The average molecular weight is 324 g/mol. The van der Waals surface area contributed by atoms with Crippen molar-refractivity contribution in [3.05, 3.63) is 28.7 Å². The Morgan fingerprint density at radius 1 is 1.57 bits per heavy atom. The highest BCUT2D eigenvalue weighted by atomic mass is 32.2. The van der Waals surface area contributed by atoms with Crippen LogP contribution in [0.15, 0.2) is 12.7 Å². The van der Waals surface area contributed by atoms with E-state index in [1.54, 1.807) is 6.08 Å². The third-order valence-electron chi connectivity index (χ3n) is 3.48. The van der Waals surface area contributed by atoms with E-state index in [2.05, 4.69) is 18.8 Å². The van der Waals surface area contributed by atoms with E-state index in [4.69, 9.17) is 5.73 Å². The number of hydrogen-bond acceptors (Lipinski definition) is 4. The SMILES string of the molecule is C=CCSCC(=O)Nc1sc2c(c1C(N)=O)CCC(C)C2. The number of fused-ring (bicyclic) bond motifs is 1. The third-order valence-corrected chi connectivity index (χ3v) is 5.59. The largest absolute Gasteiger partial charge is 0.365 e. The number of rotatable bonds is 6. The van der Waals surface area contributed by atoms with Crippen LogP contribution in [0.5, 0.6) is 0 Å². The number of nitrogens with two attached hydrogens (primary N) is 1. The summed E-state index contributed by atoms with van der Waals surface area (Å²) in [6.45, 7) is 5.82. The Labute approximate surface area is 133 Å². The third kappa shape index (κ3) is 3.89. The molecule has 1 aromatic rings. The van der Waals surface area contributed by atoms with Crippen molar-refractivity contribution in [1.29, 1.82) is 0 Å². The monoisotopic (exact) mass is 324 g/mol. The maximum absolute atomic E-state index is 11.9. The number of amides is 2. The molecule has 3 N–H and O–H groups in total. The standard InChI is InChI=1S/C15H20N2O2S2/c1-3-6-20-8-12(18)17-15-13(14(16)19)10-5-4-9(2)7-11(10)21-15/h3,9H,1,4-8H2,2H3,(H2,16,19)(H,17,18). The lowest BCUT2D eigenvalue weighted by molar-refractivity contribution is -0.113. The molecule has 2 rings (SSSR count). The quantitative estimate of drug-likeness (QED) is 0.624. The molecule has 1 aliphatic carbocycles. The average Bonchev–Trinajstić information content (AvgIpc) is 2.75. The first-order valence-electron chi connectivity index (χ1n) is 6.95. The zero-order valence-electron chi connectivity index (χ0n) is 12.1. The van der Waals surface area contributed by atoms with Gasteiger partial charge in [0.1, 0.15) is 5.00 Å². The van der Waals surface area contributed by atoms with Gasteiger partial charge in [0.25, 0.3) is 5.91 Å². The second-order valence-corrected chi connectivity index (χ2v) is 7.41. The van der Waals surface area contributed by atoms with Crippen molar-refractivity contribution in [2.45, 2.75) is 26.2 Å². The van der Waals surface area contributed by atoms with Crippen LogP contribution in [0.4, 0.5) is 5.00 Å². The van der Waals surface area contributed by atoms with E-state index < -0.39 is 5.91 Å². The summed E-state index contributed by atoms with van der Waals surface area (Å²) in [5.41, 5.74) is 7.07. The number of thiophene rings is 1. The first kappa shape index (κ1) is 16.1. The van der Waals surface area contributed by atoms with Crippen molar-refractivity contribution in [2.75, 3.05) is 16.8 Å². The zero-order valence-corrected chi connectivity index (χ0v) is 13.7. The zero-order chi connectivity index (χ0) is 15.4. The topological polar surface area (TPSA) is 72.2 Å². The fraction of sp³-hybridized carbons (Fsp3) is 0.467. The predicted molar refractivity (Wildman–Crippen MR) is 90.2 cm³/mol. The summed E-state index contributed by atoms with van der Waals surface area (Å²) in [5.74, 6) is 1.15. The lowest BCUT2D eigenvalue weighted by Crippen LogP contribution is -2.20. The summed E-state index contributed by atoms with van der Waals surface area (Å²) in [4.78, 5) is 24.9. The molecule has 0 bridgehead atoms. The van der Waals surface area contributed by atoms with Gasteiger partial charge in [0, 0.05) is 10.6 Å². The minimum atomic E-state index is -0.448. The van der Waals surface area contributed by atoms with E-state index in [9.17, 15) is 9.59 Å². The van der Waals surface area contributed by atoms with Gasteiger partial charge in [-0.2, -0.15) is 0 Å². The Bertz CT molecular complexity index is 566. The van der Waals surface area contributed by atoms with E-state index in [1.165, 1.54) is 28.0 Å². The smallest absolute Gasteiger partial charge is 0.251 e. The number of primary amides is 1. The summed E-state index contributed by atoms with van der Waals surface area (Å²) in [5, 5.41) is 3.46. The first-order chi connectivity index (χ1) is 10.0. The van der Waals surface area contributed by atoms with Gasteiger partial charge in [0.15, 0.2) is 0 Å². The van der Waals surface area contributed by atoms with E-state index in [-0.39, 0.29) is 5.91 Å². The van der Waals surface area contributed by atoms with Crippen LogP contribution in [-0.2, 0) is 17.6 Å². The first-order valence-corrected chi connectivity index (χ1v) is 8.92. The second kappa shape index (κ2) is 7.13. The predicted octanol–water partition coefficient (Wildman–Crippen LogP) is 2.83. The van der Waals surface area contributed by atoms with Crippen LogP contribution in [0.25, 0.3) is 0 Å². The summed E-state index contributed by atoms with van der Waals surface area (Å²) >= 11 is 2.99. The molecule has 0 aromatic carbocycles. The summed E-state index contributed by atoms with van der Waals surface area (Å²) in [6, 6.07) is 0. The van der Waals surface area contributed by atoms with Crippen molar-refractivity contribution in [1.82, 2.24) is 0 Å². The summed E-state index contributed by atoms with van der Waals surface area (Å²) in [6.07, 6.45) is 4.65. The van der Waals surface area contributed by atoms with E-state index in [1.807, 2.05) is 0 Å². The number of carbonyl (C=O) groups excluding carboxylic acids is 2. The molecule has 1 atom stereocenters. The molecule has 1 aromatic heterocycles. The Balaban J connectivity index is 2.17. The Kier molecular flexibility index (Phi) is 5.47. The van der Waals surface area contributed by atoms with Gasteiger partial charge >= 0.3 is 0 Å². The number of anilines is 1. The Morgan fingerprint density at radius 3 is 3.00 bits per heavy atom. The summed E-state index contributed by atoms with van der Waals surface area (Å²) in [7, 11) is 0. The number of nitrogens with one attached hydrogen (secondary N) is 1. The molecule has 1 heterocycles. The van der Waals surface area contributed by atoms with Crippen molar-refractivity contribution >= 4 is 39.9 Å². The van der Waals surface area contributed by atoms with Crippen molar-refractivity contribution in [3.8, 4) is 0 Å². The van der Waals surface area contributed by atoms with Crippen LogP contribution in [0.1, 0.15) is 34.1 Å². The molecule has 4 nitrogen and oxygen atoms in total. The van der Waals surface area contributed by atoms with Crippen molar-refractivity contribution < 1.29 is 9.59 Å². The van der Waals surface area contributed by atoms with Crippen LogP contribution in [-0.4, -0.2) is 23.3 Å².